The minimum absolute atomic E-state index is 0.715. The van der Waals surface area contributed by atoms with Gasteiger partial charge in [-0.3, -0.25) is 9.11 Å². The lowest BCUT2D eigenvalue weighted by atomic mass is 10.3. The highest BCUT2D eigenvalue weighted by atomic mass is 32.2. The van der Waals surface area contributed by atoms with Gasteiger partial charge in [0.1, 0.15) is 5.82 Å². The van der Waals surface area contributed by atoms with Gasteiger partial charge in [0.15, 0.2) is 0 Å². The fourth-order valence-electron chi connectivity index (χ4n) is 1.08. The molecule has 2 aromatic rings. The lowest BCUT2D eigenvalue weighted by Gasteiger charge is -1.81. The molecule has 0 aliphatic carbocycles. The van der Waals surface area contributed by atoms with E-state index in [1.165, 1.54) is 0 Å². The monoisotopic (exact) mass is 324 g/mol. The molecule has 0 aliphatic rings. The minimum atomic E-state index is -3.67. The van der Waals surface area contributed by atoms with E-state index in [0.717, 1.165) is 16.9 Å². The first kappa shape index (κ1) is 18.5. The number of hydrogen-bond donors (Lipinski definition) is 3. The first-order chi connectivity index (χ1) is 8.86. The predicted molar refractivity (Wildman–Crippen MR) is 75.8 cm³/mol. The number of imidazole rings is 1. The van der Waals surface area contributed by atoms with Crippen molar-refractivity contribution in [3.8, 4) is 0 Å². The molecule has 0 atom stereocenters. The van der Waals surface area contributed by atoms with Crippen LogP contribution in [0.5, 0.6) is 0 Å². The standard InChI is InChI=1S/C8H8N2.2CH4O3S/c1-6-9-7-4-2-3-5-8(7)10-6;2*1-5(2,3)4/h2-5H,1H3,(H,9,10);2*1H3,(H,2,3,4). The van der Waals surface area contributed by atoms with Gasteiger partial charge in [0.2, 0.25) is 0 Å². The molecular formula is C10H16N2O6S2. The van der Waals surface area contributed by atoms with Gasteiger partial charge in [0, 0.05) is 0 Å². The number of rotatable bonds is 0. The van der Waals surface area contributed by atoms with E-state index in [1.807, 2.05) is 31.2 Å². The highest BCUT2D eigenvalue weighted by molar-refractivity contribution is 7.85. The van der Waals surface area contributed by atoms with E-state index in [9.17, 15) is 16.8 Å². The fraction of sp³-hybridized carbons (Fsp3) is 0.300. The average Bonchev–Trinajstić information content (AvgIpc) is 2.51. The lowest BCUT2D eigenvalue weighted by Crippen LogP contribution is -1.88. The number of hydrogen-bond acceptors (Lipinski definition) is 5. The zero-order chi connectivity index (χ0) is 16.0. The number of aromatic nitrogens is 2. The summed E-state index contributed by atoms with van der Waals surface area (Å²) in [6, 6.07) is 8.01. The molecule has 8 nitrogen and oxygen atoms in total. The third-order valence-corrected chi connectivity index (χ3v) is 1.51. The van der Waals surface area contributed by atoms with Crippen LogP contribution in [-0.4, -0.2) is 48.4 Å². The summed E-state index contributed by atoms with van der Waals surface area (Å²) in [5, 5.41) is 0. The third-order valence-electron chi connectivity index (χ3n) is 1.51. The first-order valence-corrected chi connectivity index (χ1v) is 8.82. The number of nitrogens with zero attached hydrogens (tertiary/aromatic N) is 1. The van der Waals surface area contributed by atoms with E-state index in [4.69, 9.17) is 9.11 Å². The molecule has 1 heterocycles. The van der Waals surface area contributed by atoms with Crippen molar-refractivity contribution in [1.29, 1.82) is 0 Å². The maximum atomic E-state index is 9.19. The van der Waals surface area contributed by atoms with Gasteiger partial charge < -0.3 is 4.98 Å². The molecule has 0 aliphatic heterocycles. The number of aryl methyl sites for hydroxylation is 1. The maximum absolute atomic E-state index is 9.19. The Morgan fingerprint density at radius 3 is 1.80 bits per heavy atom. The SMILES string of the molecule is CS(=O)(=O)O.CS(=O)(=O)O.Cc1nc2ccccc2[nH]1. The number of benzene rings is 1. The van der Waals surface area contributed by atoms with Gasteiger partial charge in [-0.25, -0.2) is 4.98 Å². The first-order valence-electron chi connectivity index (χ1n) is 5.12. The molecule has 0 radical (unpaired) electrons. The van der Waals surface area contributed by atoms with E-state index < -0.39 is 20.2 Å². The van der Waals surface area contributed by atoms with E-state index in [0.29, 0.717) is 12.5 Å². The Balaban J connectivity index is 0.000000310. The van der Waals surface area contributed by atoms with Crippen LogP contribution in [-0.2, 0) is 20.2 Å². The molecule has 0 bridgehead atoms. The zero-order valence-corrected chi connectivity index (χ0v) is 12.7. The number of aromatic amines is 1. The molecule has 0 fully saturated rings. The predicted octanol–water partition coefficient (Wildman–Crippen LogP) is 0.879. The summed E-state index contributed by atoms with van der Waals surface area (Å²) in [6.45, 7) is 1.96. The van der Waals surface area contributed by atoms with Crippen molar-refractivity contribution in [3.63, 3.8) is 0 Å². The Labute approximate surface area is 117 Å². The Bertz CT molecular complexity index is 670. The molecule has 0 saturated carbocycles. The summed E-state index contributed by atoms with van der Waals surface area (Å²) in [6.07, 6.45) is 1.43. The van der Waals surface area contributed by atoms with Gasteiger partial charge in [0.05, 0.1) is 23.5 Å². The molecule has 0 amide bonds. The van der Waals surface area contributed by atoms with Gasteiger partial charge in [-0.1, -0.05) is 12.1 Å². The normalized spacial score (nSPS) is 11.1. The molecule has 0 spiro atoms. The molecule has 1 aromatic carbocycles. The fourth-order valence-corrected chi connectivity index (χ4v) is 1.08. The van der Waals surface area contributed by atoms with Crippen LogP contribution in [0.3, 0.4) is 0 Å². The van der Waals surface area contributed by atoms with Crippen LogP contribution in [0.15, 0.2) is 24.3 Å². The van der Waals surface area contributed by atoms with E-state index >= 15 is 0 Å². The van der Waals surface area contributed by atoms with Gasteiger partial charge in [-0.2, -0.15) is 16.8 Å². The van der Waals surface area contributed by atoms with Crippen molar-refractivity contribution in [1.82, 2.24) is 9.97 Å². The highest BCUT2D eigenvalue weighted by Gasteiger charge is 1.94. The lowest BCUT2D eigenvalue weighted by molar-refractivity contribution is 0.488. The van der Waals surface area contributed by atoms with Crippen LogP contribution in [0.1, 0.15) is 5.82 Å². The van der Waals surface area contributed by atoms with Crippen molar-refractivity contribution < 1.29 is 25.9 Å². The van der Waals surface area contributed by atoms with Gasteiger partial charge in [-0.15, -0.1) is 0 Å². The number of H-pyrrole nitrogens is 1. The zero-order valence-electron chi connectivity index (χ0n) is 11.1. The van der Waals surface area contributed by atoms with Crippen LogP contribution < -0.4 is 0 Å². The van der Waals surface area contributed by atoms with Crippen molar-refractivity contribution in [3.05, 3.63) is 30.1 Å². The average molecular weight is 324 g/mol. The Hall–Kier alpha value is -1.49. The van der Waals surface area contributed by atoms with Crippen LogP contribution in [0.4, 0.5) is 0 Å². The molecule has 114 valence electrons. The maximum Gasteiger partial charge on any atom is 0.261 e. The minimum Gasteiger partial charge on any atom is -0.342 e. The van der Waals surface area contributed by atoms with Gasteiger partial charge >= 0.3 is 0 Å². The smallest absolute Gasteiger partial charge is 0.261 e. The summed E-state index contributed by atoms with van der Waals surface area (Å²) >= 11 is 0. The topological polar surface area (TPSA) is 137 Å². The highest BCUT2D eigenvalue weighted by Crippen LogP contribution is 2.08. The largest absolute Gasteiger partial charge is 0.342 e. The second kappa shape index (κ2) is 7.33. The quantitative estimate of drug-likeness (QED) is 0.611. The second-order valence-corrected chi connectivity index (χ2v) is 6.74. The van der Waals surface area contributed by atoms with Gasteiger partial charge in [-0.05, 0) is 19.1 Å². The summed E-state index contributed by atoms with van der Waals surface area (Å²) in [4.78, 5) is 7.40. The Kier molecular flexibility index (Phi) is 6.79. The number of nitrogens with one attached hydrogen (secondary N) is 1. The second-order valence-electron chi connectivity index (χ2n) is 3.81. The summed E-state index contributed by atoms with van der Waals surface area (Å²) in [7, 11) is -7.33. The van der Waals surface area contributed by atoms with Crippen LogP contribution in [0, 0.1) is 6.92 Å². The number of para-hydroxylation sites is 2. The molecule has 2 rings (SSSR count). The van der Waals surface area contributed by atoms with Crippen molar-refractivity contribution in [2.45, 2.75) is 6.92 Å². The molecule has 0 unspecified atom stereocenters. The van der Waals surface area contributed by atoms with Crippen LogP contribution >= 0.6 is 0 Å². The van der Waals surface area contributed by atoms with Crippen molar-refractivity contribution in [2.75, 3.05) is 12.5 Å². The van der Waals surface area contributed by atoms with Crippen LogP contribution in [0.25, 0.3) is 11.0 Å². The Morgan fingerprint density at radius 1 is 1.00 bits per heavy atom. The third kappa shape index (κ3) is 13.0. The van der Waals surface area contributed by atoms with Crippen LogP contribution in [0.2, 0.25) is 0 Å². The Morgan fingerprint density at radius 2 is 1.40 bits per heavy atom. The van der Waals surface area contributed by atoms with E-state index in [1.54, 1.807) is 0 Å². The summed E-state index contributed by atoms with van der Waals surface area (Å²) in [5.41, 5.74) is 2.15. The van der Waals surface area contributed by atoms with Crippen molar-refractivity contribution in [2.24, 2.45) is 0 Å². The van der Waals surface area contributed by atoms with E-state index in [-0.39, 0.29) is 0 Å². The molecule has 3 N–H and O–H groups in total. The molecular weight excluding hydrogens is 308 g/mol. The number of fused-ring (bicyclic) bond motifs is 1. The molecule has 20 heavy (non-hydrogen) atoms. The van der Waals surface area contributed by atoms with Gasteiger partial charge in [0.25, 0.3) is 20.2 Å². The molecule has 0 saturated heterocycles. The van der Waals surface area contributed by atoms with E-state index in [2.05, 4.69) is 9.97 Å². The summed E-state index contributed by atoms with van der Waals surface area (Å²) in [5.74, 6) is 0.973. The molecule has 1 aromatic heterocycles. The van der Waals surface area contributed by atoms with Crippen molar-refractivity contribution >= 4 is 31.3 Å². The summed E-state index contributed by atoms with van der Waals surface area (Å²) < 4.78 is 51.7. The molecule has 10 heteroatoms.